The number of hydrogen-bond acceptors (Lipinski definition) is 5. The minimum Gasteiger partial charge on any atom is -0.355 e. The summed E-state index contributed by atoms with van der Waals surface area (Å²) in [6, 6.07) is 0. The van der Waals surface area contributed by atoms with E-state index in [1.807, 2.05) is 13.8 Å². The number of rotatable bonds is 5. The van der Waals surface area contributed by atoms with E-state index in [4.69, 9.17) is 5.84 Å². The van der Waals surface area contributed by atoms with E-state index < -0.39 is 0 Å². The summed E-state index contributed by atoms with van der Waals surface area (Å²) in [6.07, 6.45) is 1.40. The normalized spacial score (nSPS) is 10.6. The number of amides is 1. The summed E-state index contributed by atoms with van der Waals surface area (Å²) >= 11 is 1.27. The molecule has 0 aromatic carbocycles. The molecule has 0 radical (unpaired) electrons. The fraction of sp³-hybridized carbons (Fsp3) is 0.625. The zero-order valence-electron chi connectivity index (χ0n) is 8.80. The second-order valence-electron chi connectivity index (χ2n) is 3.51. The van der Waals surface area contributed by atoms with E-state index in [-0.39, 0.29) is 5.91 Å². The number of thioether (sulfide) groups is 1. The monoisotopic (exact) mass is 229 g/mol. The molecule has 0 fully saturated rings. The van der Waals surface area contributed by atoms with Crippen LogP contribution in [0.1, 0.15) is 13.8 Å². The highest BCUT2D eigenvalue weighted by atomic mass is 32.2. The molecular weight excluding hydrogens is 214 g/mol. The Kier molecular flexibility index (Phi) is 4.41. The van der Waals surface area contributed by atoms with Gasteiger partial charge in [0.05, 0.1) is 5.75 Å². The Morgan fingerprint density at radius 1 is 1.73 bits per heavy atom. The topological polar surface area (TPSA) is 85.8 Å². The SMILES string of the molecule is CC(C)CNC(=O)CSc1nncn1N. The van der Waals surface area contributed by atoms with Gasteiger partial charge >= 0.3 is 0 Å². The van der Waals surface area contributed by atoms with Crippen molar-refractivity contribution in [3.8, 4) is 0 Å². The molecule has 3 N–H and O–H groups in total. The number of nitrogens with one attached hydrogen (secondary N) is 1. The number of aromatic nitrogens is 3. The van der Waals surface area contributed by atoms with E-state index in [0.29, 0.717) is 23.4 Å². The van der Waals surface area contributed by atoms with Crippen LogP contribution < -0.4 is 11.2 Å². The minimum absolute atomic E-state index is 0.0169. The quantitative estimate of drug-likeness (QED) is 0.542. The van der Waals surface area contributed by atoms with Crippen LogP contribution in [0, 0.1) is 5.92 Å². The van der Waals surface area contributed by atoms with Gasteiger partial charge in [0.2, 0.25) is 11.1 Å². The molecule has 1 aromatic heterocycles. The Labute approximate surface area is 92.6 Å². The lowest BCUT2D eigenvalue weighted by molar-refractivity contribution is -0.118. The van der Waals surface area contributed by atoms with Crippen LogP contribution in [-0.2, 0) is 4.79 Å². The lowest BCUT2D eigenvalue weighted by Crippen LogP contribution is -2.29. The molecule has 1 amide bonds. The first-order valence-electron chi connectivity index (χ1n) is 4.64. The largest absolute Gasteiger partial charge is 0.355 e. The van der Waals surface area contributed by atoms with Gasteiger partial charge in [-0.05, 0) is 5.92 Å². The lowest BCUT2D eigenvalue weighted by atomic mass is 10.2. The van der Waals surface area contributed by atoms with Gasteiger partial charge in [-0.15, -0.1) is 10.2 Å². The average molecular weight is 229 g/mol. The maximum absolute atomic E-state index is 11.3. The van der Waals surface area contributed by atoms with Gasteiger partial charge in [0.1, 0.15) is 6.33 Å². The van der Waals surface area contributed by atoms with E-state index in [1.54, 1.807) is 0 Å². The molecule has 0 saturated heterocycles. The van der Waals surface area contributed by atoms with Gasteiger partial charge in [0, 0.05) is 6.54 Å². The van der Waals surface area contributed by atoms with Crippen molar-refractivity contribution >= 4 is 17.7 Å². The van der Waals surface area contributed by atoms with Crippen molar-refractivity contribution < 1.29 is 4.79 Å². The first-order chi connectivity index (χ1) is 7.09. The number of nitrogens with two attached hydrogens (primary N) is 1. The molecule has 15 heavy (non-hydrogen) atoms. The predicted octanol–water partition coefficient (Wildman–Crippen LogP) is -0.144. The Hall–Kier alpha value is -1.24. The van der Waals surface area contributed by atoms with E-state index >= 15 is 0 Å². The molecule has 0 atom stereocenters. The fourth-order valence-electron chi connectivity index (χ4n) is 0.834. The summed E-state index contributed by atoms with van der Waals surface area (Å²) in [5.74, 6) is 6.23. The third-order valence-corrected chi connectivity index (χ3v) is 2.54. The zero-order valence-corrected chi connectivity index (χ0v) is 9.62. The highest BCUT2D eigenvalue weighted by Gasteiger charge is 2.07. The summed E-state index contributed by atoms with van der Waals surface area (Å²) in [6.45, 7) is 4.78. The molecule has 6 nitrogen and oxygen atoms in total. The molecule has 0 unspecified atom stereocenters. The summed E-state index contributed by atoms with van der Waals surface area (Å²) in [5.41, 5.74) is 0. The fourth-order valence-corrected chi connectivity index (χ4v) is 1.50. The molecule has 0 bridgehead atoms. The van der Waals surface area contributed by atoms with Gasteiger partial charge < -0.3 is 11.2 Å². The summed E-state index contributed by atoms with van der Waals surface area (Å²) in [7, 11) is 0. The van der Waals surface area contributed by atoms with Crippen LogP contribution in [0.4, 0.5) is 0 Å². The van der Waals surface area contributed by atoms with Crippen LogP contribution in [0.5, 0.6) is 0 Å². The zero-order chi connectivity index (χ0) is 11.3. The van der Waals surface area contributed by atoms with Gasteiger partial charge in [-0.3, -0.25) is 4.79 Å². The van der Waals surface area contributed by atoms with Crippen LogP contribution in [0.3, 0.4) is 0 Å². The molecule has 7 heteroatoms. The number of carbonyl (C=O) groups excluding carboxylic acids is 1. The van der Waals surface area contributed by atoms with Crippen LogP contribution in [0.15, 0.2) is 11.5 Å². The van der Waals surface area contributed by atoms with E-state index in [1.165, 1.54) is 22.8 Å². The van der Waals surface area contributed by atoms with E-state index in [0.717, 1.165) is 0 Å². The number of hydrogen-bond donors (Lipinski definition) is 2. The third kappa shape index (κ3) is 4.20. The molecule has 1 heterocycles. The minimum atomic E-state index is -0.0169. The second kappa shape index (κ2) is 5.59. The molecule has 1 aromatic rings. The maximum Gasteiger partial charge on any atom is 0.230 e. The highest BCUT2D eigenvalue weighted by Crippen LogP contribution is 2.11. The molecular formula is C8H15N5OS. The van der Waals surface area contributed by atoms with Crippen molar-refractivity contribution in [2.45, 2.75) is 19.0 Å². The first kappa shape index (κ1) is 11.8. The summed E-state index contributed by atoms with van der Waals surface area (Å²) in [5, 5.41) is 10.7. The van der Waals surface area contributed by atoms with Crippen molar-refractivity contribution in [2.75, 3.05) is 18.1 Å². The van der Waals surface area contributed by atoms with Crippen LogP contribution in [0.25, 0.3) is 0 Å². The Balaban J connectivity index is 2.26. The number of carbonyl (C=O) groups is 1. The summed E-state index contributed by atoms with van der Waals surface area (Å²) in [4.78, 5) is 11.3. The van der Waals surface area contributed by atoms with Crippen molar-refractivity contribution in [1.82, 2.24) is 20.2 Å². The van der Waals surface area contributed by atoms with E-state index in [9.17, 15) is 4.79 Å². The molecule has 0 saturated carbocycles. The van der Waals surface area contributed by atoms with Crippen LogP contribution in [0.2, 0.25) is 0 Å². The molecule has 0 aliphatic carbocycles. The number of nitrogen functional groups attached to an aromatic ring is 1. The van der Waals surface area contributed by atoms with Crippen molar-refractivity contribution in [1.29, 1.82) is 0 Å². The predicted molar refractivity (Wildman–Crippen MR) is 58.7 cm³/mol. The van der Waals surface area contributed by atoms with Crippen molar-refractivity contribution in [3.63, 3.8) is 0 Å². The molecule has 84 valence electrons. The lowest BCUT2D eigenvalue weighted by Gasteiger charge is -2.06. The van der Waals surface area contributed by atoms with Crippen molar-refractivity contribution in [2.24, 2.45) is 5.92 Å². The van der Waals surface area contributed by atoms with Gasteiger partial charge in [0.15, 0.2) is 0 Å². The number of nitrogens with zero attached hydrogens (tertiary/aromatic N) is 3. The Morgan fingerprint density at radius 2 is 2.47 bits per heavy atom. The van der Waals surface area contributed by atoms with Crippen LogP contribution >= 0.6 is 11.8 Å². The smallest absolute Gasteiger partial charge is 0.230 e. The average Bonchev–Trinajstić information content (AvgIpc) is 2.58. The molecule has 1 rings (SSSR count). The van der Waals surface area contributed by atoms with E-state index in [2.05, 4.69) is 15.5 Å². The maximum atomic E-state index is 11.3. The molecule has 0 spiro atoms. The van der Waals surface area contributed by atoms with Gasteiger partial charge in [-0.1, -0.05) is 25.6 Å². The van der Waals surface area contributed by atoms with Gasteiger partial charge in [-0.2, -0.15) is 0 Å². The third-order valence-electron chi connectivity index (χ3n) is 1.58. The van der Waals surface area contributed by atoms with Crippen LogP contribution in [-0.4, -0.2) is 33.1 Å². The standard InChI is InChI=1S/C8H15N5OS/c1-6(2)3-10-7(14)4-15-8-12-11-5-13(8)9/h5-6H,3-4,9H2,1-2H3,(H,10,14). The molecule has 0 aliphatic rings. The second-order valence-corrected chi connectivity index (χ2v) is 4.45. The first-order valence-corrected chi connectivity index (χ1v) is 5.62. The van der Waals surface area contributed by atoms with Gasteiger partial charge in [-0.25, -0.2) is 4.68 Å². The van der Waals surface area contributed by atoms with Gasteiger partial charge in [0.25, 0.3) is 0 Å². The highest BCUT2D eigenvalue weighted by molar-refractivity contribution is 7.99. The Morgan fingerprint density at radius 3 is 3.00 bits per heavy atom. The molecule has 0 aliphatic heterocycles. The summed E-state index contributed by atoms with van der Waals surface area (Å²) < 4.78 is 1.29. The Bertz CT molecular complexity index is 325. The van der Waals surface area contributed by atoms with Crippen molar-refractivity contribution in [3.05, 3.63) is 6.33 Å².